The number of hydrogen-bond acceptors (Lipinski definition) is 8. The highest BCUT2D eigenvalue weighted by molar-refractivity contribution is 7.99. The molecule has 1 aromatic carbocycles. The molecular formula is C21H23FN8OS. The van der Waals surface area contributed by atoms with Crippen molar-refractivity contribution >= 4 is 40.9 Å². The van der Waals surface area contributed by atoms with Gasteiger partial charge >= 0.3 is 0 Å². The first-order valence-electron chi connectivity index (χ1n) is 10.5. The molecule has 0 radical (unpaired) electrons. The Morgan fingerprint density at radius 3 is 2.72 bits per heavy atom. The number of rotatable bonds is 8. The number of carbonyl (C=O) groups excluding carboxylic acids is 1. The second kappa shape index (κ2) is 8.38. The van der Waals surface area contributed by atoms with Crippen molar-refractivity contribution in [3.05, 3.63) is 36.7 Å². The van der Waals surface area contributed by atoms with E-state index in [0.29, 0.717) is 42.3 Å². The topological polar surface area (TPSA) is 112 Å². The maximum atomic E-state index is 14.9. The molecule has 2 aliphatic rings. The van der Waals surface area contributed by atoms with Gasteiger partial charge in [-0.1, -0.05) is 6.92 Å². The molecule has 0 unspecified atom stereocenters. The summed E-state index contributed by atoms with van der Waals surface area (Å²) < 4.78 is 14.9. The van der Waals surface area contributed by atoms with Gasteiger partial charge in [-0.2, -0.15) is 10.1 Å². The molecule has 3 aromatic rings. The molecule has 11 heteroatoms. The van der Waals surface area contributed by atoms with Crippen molar-refractivity contribution in [1.29, 1.82) is 0 Å². The van der Waals surface area contributed by atoms with Crippen LogP contribution in [-0.4, -0.2) is 49.8 Å². The van der Waals surface area contributed by atoms with Crippen LogP contribution in [0, 0.1) is 5.92 Å². The van der Waals surface area contributed by atoms with Crippen molar-refractivity contribution in [3.8, 4) is 0 Å². The molecule has 0 spiro atoms. The minimum atomic E-state index is -1.10. The quantitative estimate of drug-likeness (QED) is 0.441. The third-order valence-corrected chi connectivity index (χ3v) is 6.44. The van der Waals surface area contributed by atoms with Gasteiger partial charge in [-0.25, -0.2) is 19.5 Å². The van der Waals surface area contributed by atoms with Crippen LogP contribution in [0.25, 0.3) is 0 Å². The number of alkyl halides is 1. The average molecular weight is 455 g/mol. The summed E-state index contributed by atoms with van der Waals surface area (Å²) in [4.78, 5) is 27.7. The first-order chi connectivity index (χ1) is 15.5. The number of anilines is 4. The van der Waals surface area contributed by atoms with E-state index in [9.17, 15) is 9.18 Å². The molecule has 0 bridgehead atoms. The Morgan fingerprint density at radius 1 is 1.28 bits per heavy atom. The van der Waals surface area contributed by atoms with Crippen LogP contribution >= 0.6 is 11.8 Å². The second-order valence-corrected chi connectivity index (χ2v) is 9.09. The predicted octanol–water partition coefficient (Wildman–Crippen LogP) is 3.78. The van der Waals surface area contributed by atoms with Crippen LogP contribution in [0.15, 0.2) is 46.7 Å². The SMILES string of the molecule is CCC(=O)Nc1ccc(Sc2nc(Nc3ncn[nH]3)cc(N3CC(F)(C4CC4)C3)n2)cc1. The lowest BCUT2D eigenvalue weighted by Gasteiger charge is -2.45. The van der Waals surface area contributed by atoms with Crippen molar-refractivity contribution in [2.45, 2.75) is 41.9 Å². The first-order valence-corrected chi connectivity index (χ1v) is 11.4. The molecule has 2 fully saturated rings. The number of amides is 1. The molecule has 32 heavy (non-hydrogen) atoms. The number of benzene rings is 1. The Hall–Kier alpha value is -3.21. The molecule has 166 valence electrons. The van der Waals surface area contributed by atoms with Crippen LogP contribution in [0.2, 0.25) is 0 Å². The number of nitrogens with zero attached hydrogens (tertiary/aromatic N) is 5. The van der Waals surface area contributed by atoms with Crippen LogP contribution in [-0.2, 0) is 4.79 Å². The molecule has 1 aliphatic heterocycles. The first kappa shape index (κ1) is 20.7. The summed E-state index contributed by atoms with van der Waals surface area (Å²) in [7, 11) is 0. The number of H-pyrrole nitrogens is 1. The highest BCUT2D eigenvalue weighted by Crippen LogP contribution is 2.48. The second-order valence-electron chi connectivity index (χ2n) is 8.05. The van der Waals surface area contributed by atoms with Crippen molar-refractivity contribution in [2.24, 2.45) is 5.92 Å². The van der Waals surface area contributed by atoms with Gasteiger partial charge in [-0.15, -0.1) is 0 Å². The summed E-state index contributed by atoms with van der Waals surface area (Å²) in [5.41, 5.74) is -0.362. The van der Waals surface area contributed by atoms with Gasteiger partial charge in [0.15, 0.2) is 5.16 Å². The molecule has 2 aromatic heterocycles. The number of halogens is 1. The minimum Gasteiger partial charge on any atom is -0.350 e. The molecule has 1 saturated heterocycles. The number of aromatic nitrogens is 5. The molecule has 3 N–H and O–H groups in total. The van der Waals surface area contributed by atoms with E-state index in [1.165, 1.54) is 18.1 Å². The fourth-order valence-corrected chi connectivity index (χ4v) is 4.41. The van der Waals surface area contributed by atoms with E-state index in [0.717, 1.165) is 23.4 Å². The van der Waals surface area contributed by atoms with Gasteiger partial charge < -0.3 is 15.5 Å². The number of carbonyl (C=O) groups is 1. The van der Waals surface area contributed by atoms with Crippen molar-refractivity contribution in [1.82, 2.24) is 25.1 Å². The summed E-state index contributed by atoms with van der Waals surface area (Å²) in [5.74, 6) is 1.83. The molecule has 1 saturated carbocycles. The van der Waals surface area contributed by atoms with Gasteiger partial charge in [0, 0.05) is 23.1 Å². The summed E-state index contributed by atoms with van der Waals surface area (Å²) in [5, 5.41) is 13.0. The maximum Gasteiger partial charge on any atom is 0.224 e. The summed E-state index contributed by atoms with van der Waals surface area (Å²) in [6, 6.07) is 9.28. The molecular weight excluding hydrogens is 431 g/mol. The normalized spacial score (nSPS) is 17.0. The monoisotopic (exact) mass is 454 g/mol. The van der Waals surface area contributed by atoms with Gasteiger partial charge in [0.25, 0.3) is 0 Å². The number of hydrogen-bond donors (Lipinski definition) is 3. The lowest BCUT2D eigenvalue weighted by molar-refractivity contribution is -0.115. The maximum absolute atomic E-state index is 14.9. The molecule has 1 amide bonds. The van der Waals surface area contributed by atoms with Crippen LogP contribution in [0.4, 0.5) is 27.7 Å². The van der Waals surface area contributed by atoms with Crippen LogP contribution < -0.4 is 15.5 Å². The van der Waals surface area contributed by atoms with Gasteiger partial charge in [0.05, 0.1) is 13.1 Å². The molecule has 9 nitrogen and oxygen atoms in total. The van der Waals surface area contributed by atoms with E-state index in [2.05, 4.69) is 35.8 Å². The highest BCUT2D eigenvalue weighted by atomic mass is 32.2. The summed E-state index contributed by atoms with van der Waals surface area (Å²) in [6.07, 6.45) is 3.78. The third-order valence-electron chi connectivity index (χ3n) is 5.56. The van der Waals surface area contributed by atoms with Gasteiger partial charge in [0.1, 0.15) is 23.6 Å². The van der Waals surface area contributed by atoms with Crippen molar-refractivity contribution in [3.63, 3.8) is 0 Å². The zero-order valence-corrected chi connectivity index (χ0v) is 18.3. The Balaban J connectivity index is 1.35. The molecule has 3 heterocycles. The smallest absolute Gasteiger partial charge is 0.224 e. The number of aromatic amines is 1. The summed E-state index contributed by atoms with van der Waals surface area (Å²) >= 11 is 1.39. The fourth-order valence-electron chi connectivity index (χ4n) is 3.64. The van der Waals surface area contributed by atoms with E-state index in [1.54, 1.807) is 6.07 Å². The Labute approximate surface area is 188 Å². The van der Waals surface area contributed by atoms with Crippen LogP contribution in [0.5, 0.6) is 0 Å². The summed E-state index contributed by atoms with van der Waals surface area (Å²) in [6.45, 7) is 2.52. The standard InChI is InChI=1S/C21H23FN8OS/c1-2-18(31)25-14-5-7-15(8-6-14)32-20-27-16(26-19-23-12-24-29-19)9-17(28-20)30-10-21(22,11-30)13-3-4-13/h5-9,12-13H,2-4,10-11H2,1H3,(H,25,31)(H2,23,24,26,27,28,29). The highest BCUT2D eigenvalue weighted by Gasteiger charge is 2.54. The van der Waals surface area contributed by atoms with E-state index >= 15 is 0 Å². The predicted molar refractivity (Wildman–Crippen MR) is 120 cm³/mol. The molecule has 0 atom stereocenters. The van der Waals surface area contributed by atoms with E-state index in [-0.39, 0.29) is 11.8 Å². The van der Waals surface area contributed by atoms with Gasteiger partial charge in [-0.05, 0) is 54.8 Å². The lowest BCUT2D eigenvalue weighted by Crippen LogP contribution is -2.60. The Kier molecular flexibility index (Phi) is 5.41. The Bertz CT molecular complexity index is 1100. The van der Waals surface area contributed by atoms with Crippen LogP contribution in [0.1, 0.15) is 26.2 Å². The van der Waals surface area contributed by atoms with E-state index in [1.807, 2.05) is 36.1 Å². The number of nitrogens with one attached hydrogen (secondary N) is 3. The minimum absolute atomic E-state index is 0.0331. The average Bonchev–Trinajstić information content (AvgIpc) is 3.50. The zero-order valence-electron chi connectivity index (χ0n) is 17.5. The zero-order chi connectivity index (χ0) is 22.1. The third kappa shape index (κ3) is 4.52. The molecule has 1 aliphatic carbocycles. The van der Waals surface area contributed by atoms with E-state index < -0.39 is 5.67 Å². The van der Waals surface area contributed by atoms with Crippen molar-refractivity contribution in [2.75, 3.05) is 28.6 Å². The fraction of sp³-hybridized carbons (Fsp3) is 0.381. The largest absolute Gasteiger partial charge is 0.350 e. The van der Waals surface area contributed by atoms with Crippen LogP contribution in [0.3, 0.4) is 0 Å². The van der Waals surface area contributed by atoms with Gasteiger partial charge in [-0.3, -0.25) is 4.79 Å². The van der Waals surface area contributed by atoms with E-state index in [4.69, 9.17) is 0 Å². The molecule has 5 rings (SSSR count). The Morgan fingerprint density at radius 2 is 2.06 bits per heavy atom. The lowest BCUT2D eigenvalue weighted by atomic mass is 9.91. The van der Waals surface area contributed by atoms with Gasteiger partial charge in [0.2, 0.25) is 11.9 Å². The van der Waals surface area contributed by atoms with Crippen molar-refractivity contribution < 1.29 is 9.18 Å².